The van der Waals surface area contributed by atoms with E-state index in [4.69, 9.17) is 5.11 Å². The molecule has 1 heteroatoms. The van der Waals surface area contributed by atoms with E-state index in [0.717, 1.165) is 12.8 Å². The summed E-state index contributed by atoms with van der Waals surface area (Å²) >= 11 is 0. The fourth-order valence-corrected chi connectivity index (χ4v) is 1.31. The fourth-order valence-electron chi connectivity index (χ4n) is 1.31. The molecular weight excluding hydrogens is 160 g/mol. The number of hydrogen-bond acceptors (Lipinski definition) is 1. The van der Waals surface area contributed by atoms with Gasteiger partial charge < -0.3 is 5.11 Å². The van der Waals surface area contributed by atoms with Crippen molar-refractivity contribution >= 4 is 0 Å². The van der Waals surface area contributed by atoms with E-state index in [9.17, 15) is 0 Å². The van der Waals surface area contributed by atoms with Gasteiger partial charge in [-0.2, -0.15) is 0 Å². The molecule has 0 amide bonds. The third-order valence-electron chi connectivity index (χ3n) is 2.17. The fraction of sp³-hybridized carbons (Fsp3) is 0.833. The summed E-state index contributed by atoms with van der Waals surface area (Å²) in [7, 11) is 0. The maximum Gasteiger partial charge on any atom is 0.0433 e. The Bertz CT molecular complexity index is 108. The van der Waals surface area contributed by atoms with Gasteiger partial charge in [-0.05, 0) is 25.7 Å². The Balaban J connectivity index is 2.93. The quantitative estimate of drug-likeness (QED) is 0.428. The second-order valence-corrected chi connectivity index (χ2v) is 3.54. The van der Waals surface area contributed by atoms with Crippen molar-refractivity contribution in [1.29, 1.82) is 0 Å². The van der Waals surface area contributed by atoms with Crippen LogP contribution in [0.4, 0.5) is 0 Å². The lowest BCUT2D eigenvalue weighted by molar-refractivity contribution is 0.289. The van der Waals surface area contributed by atoms with Crippen LogP contribution in [0.2, 0.25) is 0 Å². The van der Waals surface area contributed by atoms with Crippen LogP contribution in [0.15, 0.2) is 12.2 Å². The minimum absolute atomic E-state index is 0.320. The summed E-state index contributed by atoms with van der Waals surface area (Å²) in [5, 5.41) is 8.53. The largest absolute Gasteiger partial charge is 0.396 e. The van der Waals surface area contributed by atoms with Crippen molar-refractivity contribution in [3.63, 3.8) is 0 Å². The normalized spacial score (nSPS) is 11.2. The molecule has 0 aliphatic carbocycles. The van der Waals surface area contributed by atoms with Crippen molar-refractivity contribution in [1.82, 2.24) is 0 Å². The van der Waals surface area contributed by atoms with Gasteiger partial charge in [-0.1, -0.05) is 44.8 Å². The van der Waals surface area contributed by atoms with Crippen LogP contribution >= 0.6 is 0 Å². The number of allylic oxidation sites excluding steroid dienone is 2. The van der Waals surface area contributed by atoms with Crippen LogP contribution in [0.25, 0.3) is 0 Å². The first-order valence-electron chi connectivity index (χ1n) is 5.67. The monoisotopic (exact) mass is 184 g/mol. The Morgan fingerprint density at radius 3 is 2.08 bits per heavy atom. The minimum Gasteiger partial charge on any atom is -0.396 e. The molecule has 0 aliphatic heterocycles. The van der Waals surface area contributed by atoms with E-state index in [0.29, 0.717) is 6.61 Å². The lowest BCUT2D eigenvalue weighted by Gasteiger charge is -1.95. The van der Waals surface area contributed by atoms with E-state index in [1.807, 2.05) is 0 Å². The van der Waals surface area contributed by atoms with Crippen LogP contribution in [-0.4, -0.2) is 11.7 Å². The first kappa shape index (κ1) is 12.7. The van der Waals surface area contributed by atoms with Crippen LogP contribution in [0.5, 0.6) is 0 Å². The summed E-state index contributed by atoms with van der Waals surface area (Å²) in [4.78, 5) is 0. The molecule has 0 bridgehead atoms. The molecule has 0 rings (SSSR count). The van der Waals surface area contributed by atoms with Crippen LogP contribution in [0.1, 0.15) is 58.3 Å². The summed E-state index contributed by atoms with van der Waals surface area (Å²) in [6, 6.07) is 0. The highest BCUT2D eigenvalue weighted by Crippen LogP contribution is 2.05. The van der Waals surface area contributed by atoms with Gasteiger partial charge in [0.25, 0.3) is 0 Å². The van der Waals surface area contributed by atoms with Gasteiger partial charge >= 0.3 is 0 Å². The molecule has 0 aromatic carbocycles. The van der Waals surface area contributed by atoms with Gasteiger partial charge in [0.05, 0.1) is 0 Å². The Hall–Kier alpha value is -0.300. The summed E-state index contributed by atoms with van der Waals surface area (Å²) in [6.45, 7) is 2.57. The van der Waals surface area contributed by atoms with E-state index < -0.39 is 0 Å². The maximum atomic E-state index is 8.53. The van der Waals surface area contributed by atoms with E-state index in [1.54, 1.807) is 0 Å². The highest BCUT2D eigenvalue weighted by Gasteiger charge is 1.86. The maximum absolute atomic E-state index is 8.53. The number of aliphatic hydroxyl groups excluding tert-OH is 1. The molecule has 0 spiro atoms. The van der Waals surface area contributed by atoms with Gasteiger partial charge in [0, 0.05) is 6.61 Å². The molecule has 0 saturated heterocycles. The molecular formula is C12H24O. The summed E-state index contributed by atoms with van der Waals surface area (Å²) in [6.07, 6.45) is 14.4. The van der Waals surface area contributed by atoms with Crippen LogP contribution in [-0.2, 0) is 0 Å². The molecule has 0 heterocycles. The highest BCUT2D eigenvalue weighted by molar-refractivity contribution is 4.81. The van der Waals surface area contributed by atoms with Crippen molar-refractivity contribution in [2.24, 2.45) is 0 Å². The first-order valence-corrected chi connectivity index (χ1v) is 5.67. The molecule has 0 fully saturated rings. The molecule has 0 saturated carbocycles. The molecule has 0 unspecified atom stereocenters. The number of rotatable bonds is 9. The Kier molecular flexibility index (Phi) is 11.4. The van der Waals surface area contributed by atoms with E-state index in [1.165, 1.54) is 38.5 Å². The molecule has 0 aromatic rings. The second-order valence-electron chi connectivity index (χ2n) is 3.54. The lowest BCUT2D eigenvalue weighted by Crippen LogP contribution is -1.79. The standard InChI is InChI=1S/C12H24O/c1-2-3-4-5-6-7-8-9-10-11-12-13/h8-9,13H,2-7,10-12H2,1H3/b9-8-. The third-order valence-corrected chi connectivity index (χ3v) is 2.17. The smallest absolute Gasteiger partial charge is 0.0433 e. The van der Waals surface area contributed by atoms with E-state index in [-0.39, 0.29) is 0 Å². The van der Waals surface area contributed by atoms with Crippen molar-refractivity contribution in [3.8, 4) is 0 Å². The lowest BCUT2D eigenvalue weighted by atomic mass is 10.1. The molecule has 13 heavy (non-hydrogen) atoms. The Morgan fingerprint density at radius 2 is 1.46 bits per heavy atom. The van der Waals surface area contributed by atoms with Crippen molar-refractivity contribution in [3.05, 3.63) is 12.2 Å². The summed E-state index contributed by atoms with van der Waals surface area (Å²) < 4.78 is 0. The molecule has 0 aliphatic rings. The molecule has 78 valence electrons. The highest BCUT2D eigenvalue weighted by atomic mass is 16.2. The van der Waals surface area contributed by atoms with Gasteiger partial charge in [-0.25, -0.2) is 0 Å². The zero-order chi connectivity index (χ0) is 9.78. The number of unbranched alkanes of at least 4 members (excludes halogenated alkanes) is 6. The zero-order valence-corrected chi connectivity index (χ0v) is 8.97. The second kappa shape index (κ2) is 11.7. The predicted octanol–water partition coefficient (Wildman–Crippen LogP) is 3.68. The number of hydrogen-bond donors (Lipinski definition) is 1. The molecule has 1 N–H and O–H groups in total. The Morgan fingerprint density at radius 1 is 0.846 bits per heavy atom. The van der Waals surface area contributed by atoms with Crippen molar-refractivity contribution in [2.75, 3.05) is 6.61 Å². The average Bonchev–Trinajstić information content (AvgIpc) is 2.16. The van der Waals surface area contributed by atoms with Gasteiger partial charge in [-0.3, -0.25) is 0 Å². The van der Waals surface area contributed by atoms with Gasteiger partial charge in [0.2, 0.25) is 0 Å². The van der Waals surface area contributed by atoms with Crippen molar-refractivity contribution < 1.29 is 5.11 Å². The number of aliphatic hydroxyl groups is 1. The predicted molar refractivity (Wildman–Crippen MR) is 58.8 cm³/mol. The van der Waals surface area contributed by atoms with E-state index in [2.05, 4.69) is 19.1 Å². The average molecular weight is 184 g/mol. The van der Waals surface area contributed by atoms with Gasteiger partial charge in [0.1, 0.15) is 0 Å². The molecule has 0 radical (unpaired) electrons. The SMILES string of the molecule is CCCCCCC/C=C\CCCO. The van der Waals surface area contributed by atoms with Crippen LogP contribution < -0.4 is 0 Å². The summed E-state index contributed by atoms with van der Waals surface area (Å²) in [5.41, 5.74) is 0. The van der Waals surface area contributed by atoms with Gasteiger partial charge in [0.15, 0.2) is 0 Å². The van der Waals surface area contributed by atoms with Crippen LogP contribution in [0.3, 0.4) is 0 Å². The van der Waals surface area contributed by atoms with Crippen molar-refractivity contribution in [2.45, 2.75) is 58.3 Å². The minimum atomic E-state index is 0.320. The van der Waals surface area contributed by atoms with Crippen LogP contribution in [0, 0.1) is 0 Å². The Labute approximate surface area is 82.9 Å². The van der Waals surface area contributed by atoms with Gasteiger partial charge in [-0.15, -0.1) is 0 Å². The van der Waals surface area contributed by atoms with E-state index >= 15 is 0 Å². The molecule has 0 atom stereocenters. The molecule has 0 aromatic heterocycles. The molecule has 1 nitrogen and oxygen atoms in total. The summed E-state index contributed by atoms with van der Waals surface area (Å²) in [5.74, 6) is 0. The third kappa shape index (κ3) is 11.7. The zero-order valence-electron chi connectivity index (χ0n) is 8.97. The first-order chi connectivity index (χ1) is 6.41. The topological polar surface area (TPSA) is 20.2 Å².